The Morgan fingerprint density at radius 2 is 2.16 bits per heavy atom. The lowest BCUT2D eigenvalue weighted by atomic mass is 10.0. The van der Waals surface area contributed by atoms with Crippen LogP contribution >= 0.6 is 22.9 Å². The van der Waals surface area contributed by atoms with E-state index in [9.17, 15) is 0 Å². The van der Waals surface area contributed by atoms with Crippen LogP contribution in [0.25, 0.3) is 0 Å². The first-order valence-electron chi connectivity index (χ1n) is 6.60. The lowest BCUT2D eigenvalue weighted by Crippen LogP contribution is -2.16. The lowest BCUT2D eigenvalue weighted by molar-refractivity contribution is 0.585. The predicted octanol–water partition coefficient (Wildman–Crippen LogP) is 3.73. The highest BCUT2D eigenvalue weighted by Crippen LogP contribution is 2.28. The summed E-state index contributed by atoms with van der Waals surface area (Å²) in [5, 5.41) is 9.58. The van der Waals surface area contributed by atoms with Gasteiger partial charge in [-0.25, -0.2) is 0 Å². The first-order chi connectivity index (χ1) is 9.08. The smallest absolute Gasteiger partial charge is 0.0850 e. The zero-order chi connectivity index (χ0) is 14.0. The Hall–Kier alpha value is -0.840. The van der Waals surface area contributed by atoms with E-state index in [1.54, 1.807) is 11.3 Å². The molecule has 0 bridgehead atoms. The highest BCUT2D eigenvalue weighted by molar-refractivity contribution is 7.08. The van der Waals surface area contributed by atoms with Crippen LogP contribution in [0.2, 0.25) is 5.02 Å². The second-order valence-corrected chi connectivity index (χ2v) is 5.82. The first kappa shape index (κ1) is 14.6. The SMILES string of the molecule is CCc1nn(CC)c(CC(N)c2cscc2C)c1Cl. The van der Waals surface area contributed by atoms with Gasteiger partial charge in [0.15, 0.2) is 0 Å². The number of aromatic nitrogens is 2. The average molecular weight is 298 g/mol. The number of nitrogens with zero attached hydrogens (tertiary/aromatic N) is 2. The number of hydrogen-bond acceptors (Lipinski definition) is 3. The van der Waals surface area contributed by atoms with Crippen LogP contribution in [-0.2, 0) is 19.4 Å². The maximum atomic E-state index is 6.42. The van der Waals surface area contributed by atoms with E-state index >= 15 is 0 Å². The third-order valence-corrected chi connectivity index (χ3v) is 4.72. The molecule has 0 aliphatic rings. The number of hydrogen-bond donors (Lipinski definition) is 1. The number of thiophene rings is 1. The van der Waals surface area contributed by atoms with Crippen molar-refractivity contribution in [2.45, 2.75) is 46.2 Å². The van der Waals surface area contributed by atoms with Crippen molar-refractivity contribution in [1.29, 1.82) is 0 Å². The van der Waals surface area contributed by atoms with Crippen molar-refractivity contribution < 1.29 is 0 Å². The van der Waals surface area contributed by atoms with Crippen LogP contribution in [0.1, 0.15) is 42.4 Å². The normalized spacial score (nSPS) is 12.9. The molecule has 0 saturated heterocycles. The largest absolute Gasteiger partial charge is 0.324 e. The molecule has 1 unspecified atom stereocenters. The molecule has 5 heteroatoms. The average Bonchev–Trinajstić information content (AvgIpc) is 2.95. The minimum atomic E-state index is -0.0181. The molecule has 0 saturated carbocycles. The number of halogens is 1. The van der Waals surface area contributed by atoms with Crippen molar-refractivity contribution in [3.63, 3.8) is 0 Å². The number of nitrogens with two attached hydrogens (primary N) is 1. The molecule has 2 aromatic heterocycles. The van der Waals surface area contributed by atoms with Gasteiger partial charge < -0.3 is 5.73 Å². The molecule has 0 amide bonds. The van der Waals surface area contributed by atoms with Crippen molar-refractivity contribution in [2.24, 2.45) is 5.73 Å². The second kappa shape index (κ2) is 6.07. The Balaban J connectivity index is 2.28. The monoisotopic (exact) mass is 297 g/mol. The van der Waals surface area contributed by atoms with E-state index in [1.807, 2.05) is 4.68 Å². The van der Waals surface area contributed by atoms with Crippen LogP contribution < -0.4 is 5.73 Å². The van der Waals surface area contributed by atoms with Crippen LogP contribution in [0.15, 0.2) is 10.8 Å². The standard InChI is InChI=1S/C14H20ClN3S/c1-4-12-14(15)13(18(5-2)17-12)6-11(16)10-8-19-7-9(10)3/h7-8,11H,4-6,16H2,1-3H3. The van der Waals surface area contributed by atoms with E-state index in [0.29, 0.717) is 0 Å². The fraction of sp³-hybridized carbons (Fsp3) is 0.500. The minimum absolute atomic E-state index is 0.0181. The van der Waals surface area contributed by atoms with Crippen molar-refractivity contribution in [2.75, 3.05) is 0 Å². The second-order valence-electron chi connectivity index (χ2n) is 4.70. The molecule has 1 atom stereocenters. The Bertz CT molecular complexity index is 559. The topological polar surface area (TPSA) is 43.8 Å². The Labute approximate surface area is 123 Å². The fourth-order valence-electron chi connectivity index (χ4n) is 2.28. The highest BCUT2D eigenvalue weighted by atomic mass is 35.5. The summed E-state index contributed by atoms with van der Waals surface area (Å²) in [6.07, 6.45) is 1.59. The molecule has 104 valence electrons. The summed E-state index contributed by atoms with van der Waals surface area (Å²) >= 11 is 8.11. The molecule has 2 heterocycles. The fourth-order valence-corrected chi connectivity index (χ4v) is 3.54. The van der Waals surface area contributed by atoms with Crippen molar-refractivity contribution >= 4 is 22.9 Å². The minimum Gasteiger partial charge on any atom is -0.324 e. The van der Waals surface area contributed by atoms with E-state index in [1.165, 1.54) is 11.1 Å². The molecule has 0 aliphatic heterocycles. The number of rotatable bonds is 5. The van der Waals surface area contributed by atoms with Gasteiger partial charge in [-0.05, 0) is 42.2 Å². The van der Waals surface area contributed by atoms with Gasteiger partial charge in [-0.2, -0.15) is 16.4 Å². The third kappa shape index (κ3) is 2.86. The van der Waals surface area contributed by atoms with Gasteiger partial charge in [0, 0.05) is 19.0 Å². The summed E-state index contributed by atoms with van der Waals surface area (Å²) < 4.78 is 1.97. The van der Waals surface area contributed by atoms with Gasteiger partial charge in [0.25, 0.3) is 0 Å². The molecular weight excluding hydrogens is 278 g/mol. The summed E-state index contributed by atoms with van der Waals surface area (Å²) in [6.45, 7) is 7.07. The van der Waals surface area contributed by atoms with Crippen LogP contribution in [0.3, 0.4) is 0 Å². The summed E-state index contributed by atoms with van der Waals surface area (Å²) in [4.78, 5) is 0. The molecule has 0 aliphatic carbocycles. The van der Waals surface area contributed by atoms with Gasteiger partial charge in [-0.1, -0.05) is 18.5 Å². The summed E-state index contributed by atoms with van der Waals surface area (Å²) in [7, 11) is 0. The van der Waals surface area contributed by atoms with Gasteiger partial charge in [0.05, 0.1) is 16.4 Å². The van der Waals surface area contributed by atoms with Crippen LogP contribution in [0, 0.1) is 6.92 Å². The van der Waals surface area contributed by atoms with Crippen LogP contribution in [-0.4, -0.2) is 9.78 Å². The lowest BCUT2D eigenvalue weighted by Gasteiger charge is -2.13. The predicted molar refractivity (Wildman–Crippen MR) is 82.0 cm³/mol. The van der Waals surface area contributed by atoms with Crippen molar-refractivity contribution in [3.05, 3.63) is 38.3 Å². The van der Waals surface area contributed by atoms with E-state index < -0.39 is 0 Å². The van der Waals surface area contributed by atoms with E-state index in [0.717, 1.165) is 35.8 Å². The van der Waals surface area contributed by atoms with Gasteiger partial charge in [-0.3, -0.25) is 4.68 Å². The zero-order valence-corrected chi connectivity index (χ0v) is 13.2. The summed E-state index contributed by atoms with van der Waals surface area (Å²) in [5.41, 5.74) is 10.8. The Morgan fingerprint density at radius 3 is 2.68 bits per heavy atom. The summed E-state index contributed by atoms with van der Waals surface area (Å²) in [5.74, 6) is 0. The summed E-state index contributed by atoms with van der Waals surface area (Å²) in [6, 6.07) is -0.0181. The molecule has 19 heavy (non-hydrogen) atoms. The quantitative estimate of drug-likeness (QED) is 0.914. The molecule has 0 radical (unpaired) electrons. The molecule has 2 aromatic rings. The van der Waals surface area contributed by atoms with Gasteiger partial charge in [0.2, 0.25) is 0 Å². The molecule has 3 nitrogen and oxygen atoms in total. The van der Waals surface area contributed by atoms with Crippen LogP contribution in [0.5, 0.6) is 0 Å². The van der Waals surface area contributed by atoms with E-state index in [2.05, 4.69) is 36.6 Å². The highest BCUT2D eigenvalue weighted by Gasteiger charge is 2.19. The van der Waals surface area contributed by atoms with Gasteiger partial charge >= 0.3 is 0 Å². The van der Waals surface area contributed by atoms with E-state index in [4.69, 9.17) is 17.3 Å². The third-order valence-electron chi connectivity index (χ3n) is 3.40. The molecule has 0 fully saturated rings. The van der Waals surface area contributed by atoms with Gasteiger partial charge in [0.1, 0.15) is 0 Å². The molecular formula is C14H20ClN3S. The number of aryl methyl sites for hydroxylation is 3. The van der Waals surface area contributed by atoms with Crippen molar-refractivity contribution in [1.82, 2.24) is 9.78 Å². The van der Waals surface area contributed by atoms with E-state index in [-0.39, 0.29) is 6.04 Å². The van der Waals surface area contributed by atoms with Crippen molar-refractivity contribution in [3.8, 4) is 0 Å². The van der Waals surface area contributed by atoms with Crippen LogP contribution in [0.4, 0.5) is 0 Å². The first-order valence-corrected chi connectivity index (χ1v) is 7.92. The molecule has 2 N–H and O–H groups in total. The molecule has 2 rings (SSSR count). The Morgan fingerprint density at radius 1 is 1.42 bits per heavy atom. The maximum Gasteiger partial charge on any atom is 0.0850 e. The molecule has 0 spiro atoms. The Kier molecular flexibility index (Phi) is 4.66. The van der Waals surface area contributed by atoms with Gasteiger partial charge in [-0.15, -0.1) is 0 Å². The zero-order valence-electron chi connectivity index (χ0n) is 11.6. The maximum absolute atomic E-state index is 6.42. The molecule has 0 aromatic carbocycles.